The van der Waals surface area contributed by atoms with Gasteiger partial charge in [0.05, 0.1) is 17.3 Å². The lowest BCUT2D eigenvalue weighted by Crippen LogP contribution is -2.41. The molecule has 7 nitrogen and oxygen atoms in total. The molecular weight excluding hydrogens is 280 g/mol. The number of carbonyl (C=O) groups excluding carboxylic acids is 1. The van der Waals surface area contributed by atoms with Gasteiger partial charge in [0.1, 0.15) is 18.0 Å². The van der Waals surface area contributed by atoms with Crippen LogP contribution in [0.3, 0.4) is 0 Å². The zero-order valence-corrected chi connectivity index (χ0v) is 13.2. The molecule has 1 fully saturated rings. The molecule has 3 heterocycles. The predicted octanol–water partition coefficient (Wildman–Crippen LogP) is 1.47. The number of piperidine rings is 1. The Morgan fingerprint density at radius 3 is 2.82 bits per heavy atom. The Balaban J connectivity index is 1.80. The van der Waals surface area contributed by atoms with Crippen molar-refractivity contribution in [1.29, 1.82) is 0 Å². The van der Waals surface area contributed by atoms with Crippen LogP contribution in [-0.4, -0.2) is 48.6 Å². The molecule has 0 N–H and O–H groups in total. The Morgan fingerprint density at radius 1 is 1.32 bits per heavy atom. The van der Waals surface area contributed by atoms with Crippen LogP contribution in [0, 0.1) is 20.8 Å². The van der Waals surface area contributed by atoms with Gasteiger partial charge < -0.3 is 4.90 Å². The normalized spacial score (nSPS) is 18.5. The molecule has 1 amide bonds. The highest BCUT2D eigenvalue weighted by molar-refractivity contribution is 5.94. The average molecular weight is 300 g/mol. The summed E-state index contributed by atoms with van der Waals surface area (Å²) in [7, 11) is 0. The molecule has 3 rings (SSSR count). The van der Waals surface area contributed by atoms with Crippen molar-refractivity contribution in [1.82, 2.24) is 29.6 Å². The molecular formula is C15H20N6O. The molecule has 1 atom stereocenters. The van der Waals surface area contributed by atoms with Gasteiger partial charge in [-0.2, -0.15) is 5.10 Å². The molecule has 0 spiro atoms. The molecule has 1 aliphatic rings. The molecule has 1 saturated heterocycles. The maximum absolute atomic E-state index is 12.7. The van der Waals surface area contributed by atoms with Gasteiger partial charge in [0, 0.05) is 19.3 Å². The number of rotatable bonds is 2. The highest BCUT2D eigenvalue weighted by Gasteiger charge is 2.28. The minimum absolute atomic E-state index is 0.00251. The van der Waals surface area contributed by atoms with Gasteiger partial charge in [-0.1, -0.05) is 0 Å². The largest absolute Gasteiger partial charge is 0.336 e. The van der Waals surface area contributed by atoms with E-state index in [1.165, 1.54) is 6.33 Å². The zero-order chi connectivity index (χ0) is 15.7. The number of amides is 1. The minimum Gasteiger partial charge on any atom is -0.336 e. The molecule has 2 aromatic rings. The quantitative estimate of drug-likeness (QED) is 0.839. The fourth-order valence-corrected chi connectivity index (χ4v) is 2.99. The highest BCUT2D eigenvalue weighted by Crippen LogP contribution is 2.23. The van der Waals surface area contributed by atoms with Gasteiger partial charge >= 0.3 is 0 Å². The summed E-state index contributed by atoms with van der Waals surface area (Å²) in [6.07, 6.45) is 5.03. The fraction of sp³-hybridized carbons (Fsp3) is 0.533. The number of nitrogens with zero attached hydrogens (tertiary/aromatic N) is 6. The van der Waals surface area contributed by atoms with Crippen LogP contribution in [0.1, 0.15) is 46.6 Å². The van der Waals surface area contributed by atoms with Gasteiger partial charge in [-0.15, -0.1) is 0 Å². The third-order valence-corrected chi connectivity index (χ3v) is 4.08. The molecule has 116 valence electrons. The van der Waals surface area contributed by atoms with Crippen LogP contribution >= 0.6 is 0 Å². The van der Waals surface area contributed by atoms with Crippen molar-refractivity contribution in [2.45, 2.75) is 39.7 Å². The Hall–Kier alpha value is -2.31. The van der Waals surface area contributed by atoms with E-state index in [4.69, 9.17) is 0 Å². The number of aromatic nitrogens is 5. The van der Waals surface area contributed by atoms with Crippen molar-refractivity contribution in [2.75, 3.05) is 13.1 Å². The van der Waals surface area contributed by atoms with Crippen molar-refractivity contribution in [2.24, 2.45) is 0 Å². The number of hydrogen-bond acceptors (Lipinski definition) is 5. The molecule has 1 aliphatic heterocycles. The van der Waals surface area contributed by atoms with Crippen molar-refractivity contribution in [3.05, 3.63) is 35.4 Å². The summed E-state index contributed by atoms with van der Waals surface area (Å²) in [5.74, 6) is 1.67. The molecule has 22 heavy (non-hydrogen) atoms. The van der Waals surface area contributed by atoms with Crippen LogP contribution in [0.25, 0.3) is 0 Å². The Bertz CT molecular complexity index is 695. The standard InChI is InChI=1S/C15H20N6O/c1-10-14(7-16-9-17-10)15(22)20-6-4-5-13(8-20)21-12(3)18-11(2)19-21/h7,9,13H,4-6,8H2,1-3H3/t13-/m0/s1. The Labute approximate surface area is 129 Å². The van der Waals surface area contributed by atoms with Crippen LogP contribution in [0.4, 0.5) is 0 Å². The first-order chi connectivity index (χ1) is 10.6. The van der Waals surface area contributed by atoms with Crippen LogP contribution in [0.5, 0.6) is 0 Å². The Kier molecular flexibility index (Phi) is 3.87. The molecule has 0 aromatic carbocycles. The van der Waals surface area contributed by atoms with Gasteiger partial charge in [-0.05, 0) is 33.6 Å². The van der Waals surface area contributed by atoms with Gasteiger partial charge in [0.15, 0.2) is 0 Å². The summed E-state index contributed by atoms with van der Waals surface area (Å²) in [5, 5.41) is 4.46. The van der Waals surface area contributed by atoms with E-state index in [1.54, 1.807) is 6.20 Å². The predicted molar refractivity (Wildman–Crippen MR) is 80.4 cm³/mol. The zero-order valence-electron chi connectivity index (χ0n) is 13.2. The number of hydrogen-bond donors (Lipinski definition) is 0. The van der Waals surface area contributed by atoms with E-state index < -0.39 is 0 Å². The number of aryl methyl sites for hydroxylation is 3. The molecule has 0 radical (unpaired) electrons. The third-order valence-electron chi connectivity index (χ3n) is 4.08. The molecule has 0 unspecified atom stereocenters. The van der Waals surface area contributed by atoms with Crippen molar-refractivity contribution < 1.29 is 4.79 Å². The monoisotopic (exact) mass is 300 g/mol. The van der Waals surface area contributed by atoms with E-state index in [9.17, 15) is 4.79 Å². The van der Waals surface area contributed by atoms with Crippen molar-refractivity contribution in [3.8, 4) is 0 Å². The lowest BCUT2D eigenvalue weighted by molar-refractivity contribution is 0.0669. The molecule has 0 bridgehead atoms. The van der Waals surface area contributed by atoms with E-state index in [0.29, 0.717) is 12.1 Å². The topological polar surface area (TPSA) is 76.8 Å². The molecule has 2 aromatic heterocycles. The van der Waals surface area contributed by atoms with Gasteiger partial charge in [0.25, 0.3) is 5.91 Å². The van der Waals surface area contributed by atoms with Crippen molar-refractivity contribution >= 4 is 5.91 Å². The summed E-state index contributed by atoms with van der Waals surface area (Å²) in [5.41, 5.74) is 1.30. The summed E-state index contributed by atoms with van der Waals surface area (Å²) in [6.45, 7) is 7.09. The van der Waals surface area contributed by atoms with Crippen LogP contribution < -0.4 is 0 Å². The van der Waals surface area contributed by atoms with E-state index in [1.807, 2.05) is 30.4 Å². The third kappa shape index (κ3) is 2.70. The van der Waals surface area contributed by atoms with Gasteiger partial charge in [-0.25, -0.2) is 19.6 Å². The second-order valence-electron chi connectivity index (χ2n) is 5.72. The number of carbonyl (C=O) groups is 1. The maximum atomic E-state index is 12.7. The summed E-state index contributed by atoms with van der Waals surface area (Å²) in [4.78, 5) is 27.0. The lowest BCUT2D eigenvalue weighted by atomic mass is 10.0. The minimum atomic E-state index is -0.00251. The van der Waals surface area contributed by atoms with E-state index in [2.05, 4.69) is 20.1 Å². The first kappa shape index (κ1) is 14.6. The lowest BCUT2D eigenvalue weighted by Gasteiger charge is -2.33. The first-order valence-corrected chi connectivity index (χ1v) is 7.52. The smallest absolute Gasteiger partial charge is 0.257 e. The molecule has 7 heteroatoms. The molecule has 0 saturated carbocycles. The second kappa shape index (κ2) is 5.82. The van der Waals surface area contributed by atoms with E-state index >= 15 is 0 Å². The van der Waals surface area contributed by atoms with E-state index in [0.717, 1.165) is 36.7 Å². The Morgan fingerprint density at radius 2 is 2.14 bits per heavy atom. The second-order valence-corrected chi connectivity index (χ2v) is 5.72. The van der Waals surface area contributed by atoms with Gasteiger partial charge in [-0.3, -0.25) is 4.79 Å². The highest BCUT2D eigenvalue weighted by atomic mass is 16.2. The SMILES string of the molecule is Cc1nc(C)n([C@H]2CCCN(C(=O)c3cncnc3C)C2)n1. The molecule has 0 aliphatic carbocycles. The summed E-state index contributed by atoms with van der Waals surface area (Å²) < 4.78 is 1.95. The van der Waals surface area contributed by atoms with Gasteiger partial charge in [0.2, 0.25) is 0 Å². The maximum Gasteiger partial charge on any atom is 0.257 e. The summed E-state index contributed by atoms with van der Waals surface area (Å²) >= 11 is 0. The van der Waals surface area contributed by atoms with Crippen molar-refractivity contribution in [3.63, 3.8) is 0 Å². The van der Waals surface area contributed by atoms with Crippen LogP contribution in [0.15, 0.2) is 12.5 Å². The average Bonchev–Trinajstić information content (AvgIpc) is 2.86. The number of likely N-dealkylation sites (tertiary alicyclic amines) is 1. The van der Waals surface area contributed by atoms with Crippen LogP contribution in [0.2, 0.25) is 0 Å². The van der Waals surface area contributed by atoms with E-state index in [-0.39, 0.29) is 11.9 Å². The summed E-state index contributed by atoms with van der Waals surface area (Å²) in [6, 6.07) is 0.184. The fourth-order valence-electron chi connectivity index (χ4n) is 2.99. The van der Waals surface area contributed by atoms with Crippen LogP contribution in [-0.2, 0) is 0 Å². The first-order valence-electron chi connectivity index (χ1n) is 7.52.